The summed E-state index contributed by atoms with van der Waals surface area (Å²) >= 11 is 0. The zero-order valence-electron chi connectivity index (χ0n) is 11.2. The highest BCUT2D eigenvalue weighted by Gasteiger charge is 2.09. The summed E-state index contributed by atoms with van der Waals surface area (Å²) in [6.07, 6.45) is 1.88. The van der Waals surface area contributed by atoms with Crippen LogP contribution in [-0.4, -0.2) is 9.78 Å². The lowest BCUT2D eigenvalue weighted by Gasteiger charge is -2.00. The van der Waals surface area contributed by atoms with Gasteiger partial charge in [0.25, 0.3) is 0 Å². The molecule has 21 heavy (non-hydrogen) atoms. The summed E-state index contributed by atoms with van der Waals surface area (Å²) in [7, 11) is 1.82. The number of hydrogen-bond donors (Lipinski definition) is 1. The van der Waals surface area contributed by atoms with Gasteiger partial charge in [0.2, 0.25) is 0 Å². The molecule has 3 rings (SSSR count). The van der Waals surface area contributed by atoms with E-state index in [-0.39, 0.29) is 11.3 Å². The van der Waals surface area contributed by atoms with E-state index in [1.807, 2.05) is 19.3 Å². The second-order valence-corrected chi connectivity index (χ2v) is 4.65. The smallest absolute Gasteiger partial charge is 0.164 e. The summed E-state index contributed by atoms with van der Waals surface area (Å²) in [5.74, 6) is 3.67. The minimum absolute atomic E-state index is 0.124. The highest BCUT2D eigenvalue weighted by Crippen LogP contribution is 2.18. The number of halogens is 2. The lowest BCUT2D eigenvalue weighted by molar-refractivity contribution is 0.580. The molecule has 0 atom stereocenters. The number of aromatic nitrogens is 2. The topological polar surface area (TPSA) is 43.8 Å². The van der Waals surface area contributed by atoms with Crippen LogP contribution in [0.3, 0.4) is 0 Å². The molecule has 0 bridgehead atoms. The number of nitrogens with zero attached hydrogens (tertiary/aromatic N) is 2. The Morgan fingerprint density at radius 1 is 1.14 bits per heavy atom. The van der Waals surface area contributed by atoms with Gasteiger partial charge in [-0.25, -0.2) is 8.78 Å². The first kappa shape index (κ1) is 13.1. The largest absolute Gasteiger partial charge is 0.396 e. The fraction of sp³-hybridized carbons (Fsp3) is 0.0625. The Balaban J connectivity index is 2.05. The fourth-order valence-corrected chi connectivity index (χ4v) is 2.04. The minimum Gasteiger partial charge on any atom is -0.396 e. The van der Waals surface area contributed by atoms with E-state index in [9.17, 15) is 8.78 Å². The van der Waals surface area contributed by atoms with Gasteiger partial charge in [-0.3, -0.25) is 4.68 Å². The molecule has 0 saturated carbocycles. The summed E-state index contributed by atoms with van der Waals surface area (Å²) in [6, 6.07) is 7.68. The van der Waals surface area contributed by atoms with Gasteiger partial charge in [0.15, 0.2) is 5.82 Å². The molecule has 104 valence electrons. The van der Waals surface area contributed by atoms with E-state index < -0.39 is 11.6 Å². The molecule has 2 aromatic carbocycles. The Hall–Kier alpha value is -2.87. The first-order valence-electron chi connectivity index (χ1n) is 6.23. The predicted molar refractivity (Wildman–Crippen MR) is 77.5 cm³/mol. The lowest BCUT2D eigenvalue weighted by atomic mass is 10.1. The van der Waals surface area contributed by atoms with Gasteiger partial charge in [0.05, 0.1) is 16.8 Å². The summed E-state index contributed by atoms with van der Waals surface area (Å²) in [5, 5.41) is 5.24. The number of benzene rings is 2. The highest BCUT2D eigenvalue weighted by molar-refractivity contribution is 5.79. The second-order valence-electron chi connectivity index (χ2n) is 4.65. The summed E-state index contributed by atoms with van der Waals surface area (Å²) in [4.78, 5) is 0. The molecular formula is C16H11F2N3. The van der Waals surface area contributed by atoms with E-state index in [2.05, 4.69) is 16.9 Å². The number of nitrogens with two attached hydrogens (primary N) is 1. The van der Waals surface area contributed by atoms with Crippen molar-refractivity contribution in [3.8, 4) is 11.8 Å². The molecule has 5 heteroatoms. The maximum atomic E-state index is 13.7. The van der Waals surface area contributed by atoms with Crippen LogP contribution in [0.4, 0.5) is 14.5 Å². The van der Waals surface area contributed by atoms with Crippen molar-refractivity contribution in [3.63, 3.8) is 0 Å². The Kier molecular flexibility index (Phi) is 3.07. The first-order valence-corrected chi connectivity index (χ1v) is 6.23. The lowest BCUT2D eigenvalue weighted by Crippen LogP contribution is -1.96. The molecule has 3 nitrogen and oxygen atoms in total. The van der Waals surface area contributed by atoms with Crippen LogP contribution in [-0.2, 0) is 7.05 Å². The average molecular weight is 283 g/mol. The maximum Gasteiger partial charge on any atom is 0.164 e. The van der Waals surface area contributed by atoms with Crippen LogP contribution in [0.15, 0.2) is 36.5 Å². The van der Waals surface area contributed by atoms with Crippen LogP contribution in [0.1, 0.15) is 11.1 Å². The van der Waals surface area contributed by atoms with Crippen molar-refractivity contribution in [2.75, 3.05) is 5.73 Å². The van der Waals surface area contributed by atoms with Gasteiger partial charge in [-0.05, 0) is 30.3 Å². The normalized spacial score (nSPS) is 10.4. The molecule has 0 fully saturated rings. The van der Waals surface area contributed by atoms with Crippen molar-refractivity contribution in [1.82, 2.24) is 9.78 Å². The first-order chi connectivity index (χ1) is 10.0. The quantitative estimate of drug-likeness (QED) is 0.509. The molecule has 0 amide bonds. The number of anilines is 1. The van der Waals surface area contributed by atoms with Crippen LogP contribution in [0, 0.1) is 23.5 Å². The zero-order chi connectivity index (χ0) is 15.0. The zero-order valence-corrected chi connectivity index (χ0v) is 11.2. The van der Waals surface area contributed by atoms with E-state index in [1.54, 1.807) is 16.8 Å². The molecule has 2 N–H and O–H groups in total. The summed E-state index contributed by atoms with van der Waals surface area (Å²) < 4.78 is 29.0. The molecule has 1 aromatic heterocycles. The van der Waals surface area contributed by atoms with E-state index >= 15 is 0 Å². The number of aryl methyl sites for hydroxylation is 1. The van der Waals surface area contributed by atoms with Gasteiger partial charge >= 0.3 is 0 Å². The summed E-state index contributed by atoms with van der Waals surface area (Å²) in [6.45, 7) is 0. The van der Waals surface area contributed by atoms with Gasteiger partial charge in [0, 0.05) is 24.2 Å². The second kappa shape index (κ2) is 4.91. The third kappa shape index (κ3) is 2.43. The van der Waals surface area contributed by atoms with Crippen LogP contribution in [0.25, 0.3) is 10.9 Å². The Morgan fingerprint density at radius 3 is 2.76 bits per heavy atom. The third-order valence-corrected chi connectivity index (χ3v) is 3.07. The molecule has 0 spiro atoms. The standard InChI is InChI=1S/C16H11F2N3/c1-21-9-11-4-2-10(8-15(11)20-21)3-5-12-13(17)6-7-14(19)16(12)18/h2,4,6-9H,19H2,1H3. The van der Waals surface area contributed by atoms with Crippen molar-refractivity contribution >= 4 is 16.6 Å². The molecule has 0 aliphatic rings. The Labute approximate surface area is 120 Å². The van der Waals surface area contributed by atoms with E-state index in [0.29, 0.717) is 5.56 Å². The van der Waals surface area contributed by atoms with Crippen LogP contribution >= 0.6 is 0 Å². The van der Waals surface area contributed by atoms with Crippen molar-refractivity contribution in [1.29, 1.82) is 0 Å². The van der Waals surface area contributed by atoms with Gasteiger partial charge in [-0.15, -0.1) is 0 Å². The molecule has 3 aromatic rings. The summed E-state index contributed by atoms with van der Waals surface area (Å²) in [5.41, 5.74) is 6.37. The van der Waals surface area contributed by atoms with Crippen LogP contribution in [0.2, 0.25) is 0 Å². The van der Waals surface area contributed by atoms with E-state index in [1.165, 1.54) is 6.07 Å². The Morgan fingerprint density at radius 2 is 1.95 bits per heavy atom. The Bertz CT molecular complexity index is 901. The van der Waals surface area contributed by atoms with E-state index in [0.717, 1.165) is 17.0 Å². The molecule has 0 unspecified atom stereocenters. The number of rotatable bonds is 0. The molecule has 1 heterocycles. The van der Waals surface area contributed by atoms with Gasteiger partial charge in [-0.1, -0.05) is 11.8 Å². The van der Waals surface area contributed by atoms with Gasteiger partial charge in [0.1, 0.15) is 5.82 Å². The van der Waals surface area contributed by atoms with E-state index in [4.69, 9.17) is 5.73 Å². The van der Waals surface area contributed by atoms with Crippen molar-refractivity contribution in [2.45, 2.75) is 0 Å². The number of hydrogen-bond acceptors (Lipinski definition) is 2. The molecule has 0 aliphatic heterocycles. The van der Waals surface area contributed by atoms with Crippen molar-refractivity contribution < 1.29 is 8.78 Å². The predicted octanol–water partition coefficient (Wildman–Crippen LogP) is 2.83. The number of fused-ring (bicyclic) bond motifs is 1. The third-order valence-electron chi connectivity index (χ3n) is 3.07. The monoisotopic (exact) mass is 283 g/mol. The highest BCUT2D eigenvalue weighted by atomic mass is 19.1. The molecule has 0 radical (unpaired) electrons. The van der Waals surface area contributed by atoms with Crippen LogP contribution in [0.5, 0.6) is 0 Å². The molecular weight excluding hydrogens is 272 g/mol. The van der Waals surface area contributed by atoms with Crippen LogP contribution < -0.4 is 5.73 Å². The molecule has 0 saturated heterocycles. The number of nitrogen functional groups attached to an aromatic ring is 1. The minimum atomic E-state index is -0.832. The maximum absolute atomic E-state index is 13.7. The fourth-order valence-electron chi connectivity index (χ4n) is 2.04. The van der Waals surface area contributed by atoms with Gasteiger partial charge < -0.3 is 5.73 Å². The van der Waals surface area contributed by atoms with Crippen molar-refractivity contribution in [2.24, 2.45) is 7.05 Å². The molecule has 0 aliphatic carbocycles. The average Bonchev–Trinajstić information content (AvgIpc) is 2.82. The van der Waals surface area contributed by atoms with Gasteiger partial charge in [-0.2, -0.15) is 5.10 Å². The van der Waals surface area contributed by atoms with Crippen molar-refractivity contribution in [3.05, 3.63) is 59.3 Å². The SMILES string of the molecule is Cn1cc2ccc(C#Cc3c(F)ccc(N)c3F)cc2n1.